The molecule has 0 saturated carbocycles. The Balaban J connectivity index is 1.45. The number of sulfonamides is 1. The fourth-order valence-corrected chi connectivity index (χ4v) is 5.03. The van der Waals surface area contributed by atoms with Crippen LogP contribution in [0.15, 0.2) is 62.5 Å². The van der Waals surface area contributed by atoms with Gasteiger partial charge in [-0.15, -0.1) is 11.3 Å². The summed E-state index contributed by atoms with van der Waals surface area (Å²) in [4.78, 5) is 4.80. The molecule has 1 aliphatic rings. The molecule has 0 amide bonds. The number of nitrogens with one attached hydrogen (secondary N) is 1. The molecule has 1 fully saturated rings. The van der Waals surface area contributed by atoms with E-state index in [2.05, 4.69) is 15.5 Å². The van der Waals surface area contributed by atoms with Crippen molar-refractivity contribution in [2.45, 2.75) is 17.7 Å². The lowest BCUT2D eigenvalue weighted by Gasteiger charge is -2.15. The molecule has 2 aromatic heterocycles. The summed E-state index contributed by atoms with van der Waals surface area (Å²) < 4.78 is 31.9. The molecule has 0 atom stereocenters. The zero-order valence-corrected chi connectivity index (χ0v) is 16.0. The first kappa shape index (κ1) is 17.9. The number of hydrazone groups is 1. The second kappa shape index (κ2) is 7.63. The van der Waals surface area contributed by atoms with E-state index in [0.717, 1.165) is 24.1 Å². The standard InChI is InChI=1S/C18H18N4O3S2/c23-27(24,22-9-1-2-10-22)16-7-5-14(6-8-16)17-13-26-18(20-17)21-19-12-15-4-3-11-25-15/h3-8,11-13H,1-2,9-10H2,(H,20,21). The molecular formula is C18H18N4O3S2. The van der Waals surface area contributed by atoms with Crippen LogP contribution in [0.5, 0.6) is 0 Å². The molecule has 3 aromatic rings. The number of furan rings is 1. The summed E-state index contributed by atoms with van der Waals surface area (Å²) in [6.45, 7) is 1.20. The first-order valence-electron chi connectivity index (χ1n) is 8.52. The second-order valence-electron chi connectivity index (χ2n) is 6.06. The van der Waals surface area contributed by atoms with Gasteiger partial charge >= 0.3 is 0 Å². The Morgan fingerprint density at radius 3 is 2.67 bits per heavy atom. The van der Waals surface area contributed by atoms with Gasteiger partial charge < -0.3 is 4.42 Å². The molecule has 0 bridgehead atoms. The molecule has 0 unspecified atom stereocenters. The van der Waals surface area contributed by atoms with E-state index in [1.165, 1.54) is 11.3 Å². The van der Waals surface area contributed by atoms with Crippen molar-refractivity contribution in [3.63, 3.8) is 0 Å². The van der Waals surface area contributed by atoms with Crippen LogP contribution in [0.1, 0.15) is 18.6 Å². The Hall–Kier alpha value is -2.49. The molecule has 4 rings (SSSR count). The smallest absolute Gasteiger partial charge is 0.243 e. The molecule has 9 heteroatoms. The number of benzene rings is 1. The predicted octanol–water partition coefficient (Wildman–Crippen LogP) is 3.63. The number of rotatable bonds is 6. The summed E-state index contributed by atoms with van der Waals surface area (Å²) in [7, 11) is -3.39. The maximum atomic E-state index is 12.6. The van der Waals surface area contributed by atoms with Gasteiger partial charge in [-0.25, -0.2) is 13.4 Å². The predicted molar refractivity (Wildman–Crippen MR) is 105 cm³/mol. The number of hydrogen-bond acceptors (Lipinski definition) is 7. The van der Waals surface area contributed by atoms with Crippen LogP contribution in [-0.2, 0) is 10.0 Å². The highest BCUT2D eigenvalue weighted by atomic mass is 32.2. The van der Waals surface area contributed by atoms with Crippen molar-refractivity contribution in [3.05, 3.63) is 53.8 Å². The van der Waals surface area contributed by atoms with Gasteiger partial charge in [-0.3, -0.25) is 5.43 Å². The van der Waals surface area contributed by atoms with E-state index in [1.54, 1.807) is 53.2 Å². The lowest BCUT2D eigenvalue weighted by atomic mass is 10.2. The molecular weight excluding hydrogens is 384 g/mol. The van der Waals surface area contributed by atoms with Crippen molar-refractivity contribution < 1.29 is 12.8 Å². The van der Waals surface area contributed by atoms with Crippen LogP contribution >= 0.6 is 11.3 Å². The molecule has 1 saturated heterocycles. The molecule has 0 aliphatic carbocycles. The van der Waals surface area contributed by atoms with E-state index in [1.807, 2.05) is 5.38 Å². The number of hydrogen-bond donors (Lipinski definition) is 1. The molecule has 3 heterocycles. The van der Waals surface area contributed by atoms with E-state index in [4.69, 9.17) is 4.42 Å². The fraction of sp³-hybridized carbons (Fsp3) is 0.222. The van der Waals surface area contributed by atoms with Gasteiger partial charge in [-0.2, -0.15) is 9.41 Å². The first-order chi connectivity index (χ1) is 13.1. The third kappa shape index (κ3) is 3.95. The van der Waals surface area contributed by atoms with Crippen LogP contribution in [0.4, 0.5) is 5.13 Å². The topological polar surface area (TPSA) is 87.8 Å². The van der Waals surface area contributed by atoms with E-state index in [0.29, 0.717) is 28.9 Å². The van der Waals surface area contributed by atoms with Gasteiger partial charge in [0.15, 0.2) is 0 Å². The van der Waals surface area contributed by atoms with Gasteiger partial charge in [0.05, 0.1) is 23.1 Å². The van der Waals surface area contributed by atoms with Crippen molar-refractivity contribution >= 4 is 32.7 Å². The maximum absolute atomic E-state index is 12.6. The minimum Gasteiger partial charge on any atom is -0.463 e. The van der Waals surface area contributed by atoms with Gasteiger partial charge in [0.2, 0.25) is 15.2 Å². The molecule has 1 N–H and O–H groups in total. The van der Waals surface area contributed by atoms with Gasteiger partial charge in [-0.1, -0.05) is 12.1 Å². The lowest BCUT2D eigenvalue weighted by Crippen LogP contribution is -2.27. The summed E-state index contributed by atoms with van der Waals surface area (Å²) in [6.07, 6.45) is 5.00. The summed E-state index contributed by atoms with van der Waals surface area (Å²) in [5, 5.41) is 6.61. The molecule has 1 aromatic carbocycles. The third-order valence-electron chi connectivity index (χ3n) is 4.25. The number of thiazole rings is 1. The summed E-state index contributed by atoms with van der Waals surface area (Å²) in [5.74, 6) is 0.647. The van der Waals surface area contributed by atoms with Crippen LogP contribution in [0.25, 0.3) is 11.3 Å². The Morgan fingerprint density at radius 1 is 1.19 bits per heavy atom. The van der Waals surface area contributed by atoms with E-state index in [9.17, 15) is 8.42 Å². The Bertz CT molecular complexity index is 1020. The summed E-state index contributed by atoms with van der Waals surface area (Å²) in [6, 6.07) is 10.4. The highest BCUT2D eigenvalue weighted by Crippen LogP contribution is 2.27. The second-order valence-corrected chi connectivity index (χ2v) is 8.85. The lowest BCUT2D eigenvalue weighted by molar-refractivity contribution is 0.477. The van der Waals surface area contributed by atoms with Crippen LogP contribution in [-0.4, -0.2) is 37.0 Å². The van der Waals surface area contributed by atoms with E-state index >= 15 is 0 Å². The van der Waals surface area contributed by atoms with Crippen molar-refractivity contribution in [3.8, 4) is 11.3 Å². The normalized spacial score (nSPS) is 15.6. The zero-order chi connectivity index (χ0) is 18.7. The molecule has 7 nitrogen and oxygen atoms in total. The van der Waals surface area contributed by atoms with Gasteiger partial charge in [0.25, 0.3) is 0 Å². The molecule has 27 heavy (non-hydrogen) atoms. The van der Waals surface area contributed by atoms with Gasteiger partial charge in [-0.05, 0) is 37.1 Å². The average molecular weight is 403 g/mol. The minimum absolute atomic E-state index is 0.324. The average Bonchev–Trinajstić information content (AvgIpc) is 3.44. The maximum Gasteiger partial charge on any atom is 0.243 e. The third-order valence-corrected chi connectivity index (χ3v) is 6.91. The minimum atomic E-state index is -3.39. The monoisotopic (exact) mass is 402 g/mol. The zero-order valence-electron chi connectivity index (χ0n) is 14.4. The summed E-state index contributed by atoms with van der Waals surface area (Å²) >= 11 is 1.42. The van der Waals surface area contributed by atoms with Crippen molar-refractivity contribution in [1.29, 1.82) is 0 Å². The van der Waals surface area contributed by atoms with Crippen LogP contribution in [0.3, 0.4) is 0 Å². The quantitative estimate of drug-likeness (QED) is 0.502. The van der Waals surface area contributed by atoms with Gasteiger partial charge in [0.1, 0.15) is 5.76 Å². The molecule has 0 radical (unpaired) electrons. The van der Waals surface area contributed by atoms with Crippen LogP contribution < -0.4 is 5.43 Å². The number of anilines is 1. The SMILES string of the molecule is O=S(=O)(c1ccc(-c2csc(NN=Cc3ccco3)n2)cc1)N1CCCC1. The molecule has 1 aliphatic heterocycles. The Kier molecular flexibility index (Phi) is 5.06. The Morgan fingerprint density at radius 2 is 1.96 bits per heavy atom. The van der Waals surface area contributed by atoms with Crippen molar-refractivity contribution in [1.82, 2.24) is 9.29 Å². The van der Waals surface area contributed by atoms with Crippen LogP contribution in [0, 0.1) is 0 Å². The van der Waals surface area contributed by atoms with Crippen molar-refractivity contribution in [2.24, 2.45) is 5.10 Å². The Labute approximate surface area is 161 Å². The first-order valence-corrected chi connectivity index (χ1v) is 10.8. The highest BCUT2D eigenvalue weighted by Gasteiger charge is 2.26. The van der Waals surface area contributed by atoms with Crippen molar-refractivity contribution in [2.75, 3.05) is 18.5 Å². The fourth-order valence-electron chi connectivity index (χ4n) is 2.85. The van der Waals surface area contributed by atoms with Crippen LogP contribution in [0.2, 0.25) is 0 Å². The molecule has 140 valence electrons. The molecule has 0 spiro atoms. The number of aromatic nitrogens is 1. The largest absolute Gasteiger partial charge is 0.463 e. The summed E-state index contributed by atoms with van der Waals surface area (Å²) in [5.41, 5.74) is 4.48. The van der Waals surface area contributed by atoms with E-state index in [-0.39, 0.29) is 0 Å². The highest BCUT2D eigenvalue weighted by molar-refractivity contribution is 7.89. The van der Waals surface area contributed by atoms with Gasteiger partial charge in [0, 0.05) is 24.0 Å². The number of nitrogens with zero attached hydrogens (tertiary/aromatic N) is 3. The van der Waals surface area contributed by atoms with E-state index < -0.39 is 10.0 Å².